The summed E-state index contributed by atoms with van der Waals surface area (Å²) in [6.45, 7) is 10.8. The van der Waals surface area contributed by atoms with Crippen molar-refractivity contribution < 1.29 is 9.53 Å². The number of carbonyl (C=O) groups is 1. The third-order valence-corrected chi connectivity index (χ3v) is 7.26. The van der Waals surface area contributed by atoms with Crippen LogP contribution in [0.2, 0.25) is 0 Å². The molecule has 3 aliphatic rings. The first kappa shape index (κ1) is 25.4. The zero-order valence-corrected chi connectivity index (χ0v) is 19.9. The second-order valence-electron chi connectivity index (χ2n) is 10.8. The number of hydrogen-bond acceptors (Lipinski definition) is 3. The summed E-state index contributed by atoms with van der Waals surface area (Å²) in [6, 6.07) is 2.48. The van der Waals surface area contributed by atoms with Crippen LogP contribution >= 0.6 is 0 Å². The Labute approximate surface area is 186 Å². The minimum absolute atomic E-state index is 0.155. The summed E-state index contributed by atoms with van der Waals surface area (Å²) < 4.78 is 6.20. The Morgan fingerprint density at radius 2 is 1.70 bits per heavy atom. The van der Waals surface area contributed by atoms with Gasteiger partial charge in [0.15, 0.2) is 11.9 Å². The van der Waals surface area contributed by atoms with E-state index in [9.17, 15) is 10.1 Å². The molecule has 3 heteroatoms. The molecule has 3 rings (SSSR count). The van der Waals surface area contributed by atoms with E-state index < -0.39 is 0 Å². The maximum absolute atomic E-state index is 12.7. The van der Waals surface area contributed by atoms with E-state index in [0.717, 1.165) is 63.9 Å². The predicted octanol–water partition coefficient (Wildman–Crippen LogP) is 7.60. The van der Waals surface area contributed by atoms with E-state index in [-0.39, 0.29) is 23.2 Å². The monoisotopic (exact) mass is 415 g/mol. The lowest BCUT2D eigenvalue weighted by molar-refractivity contribution is -0.151. The summed E-state index contributed by atoms with van der Waals surface area (Å²) in [4.78, 5) is 12.7. The SMILES string of the molecule is [CH2]CCCCCCCCC(C#N)CCCCC(=O)[C]1OC2CCC1CC2C(C)(C)C. The zero-order chi connectivity index (χ0) is 22.0. The molecule has 1 saturated carbocycles. The minimum atomic E-state index is 0.155. The van der Waals surface area contributed by atoms with Crippen molar-refractivity contribution in [2.75, 3.05) is 0 Å². The Kier molecular flexibility index (Phi) is 10.9. The van der Waals surface area contributed by atoms with E-state index in [1.807, 2.05) is 0 Å². The van der Waals surface area contributed by atoms with Crippen molar-refractivity contribution >= 4 is 5.78 Å². The number of ketones is 1. The lowest BCUT2D eigenvalue weighted by Gasteiger charge is -2.50. The van der Waals surface area contributed by atoms with Gasteiger partial charge >= 0.3 is 0 Å². The molecule has 3 nitrogen and oxygen atoms in total. The van der Waals surface area contributed by atoms with Crippen LogP contribution in [0.4, 0.5) is 0 Å². The minimum Gasteiger partial charge on any atom is -0.360 e. The van der Waals surface area contributed by atoms with Crippen molar-refractivity contribution in [2.24, 2.45) is 23.2 Å². The van der Waals surface area contributed by atoms with Gasteiger partial charge in [0, 0.05) is 12.3 Å². The normalized spacial score (nSPS) is 25.2. The first-order valence-corrected chi connectivity index (χ1v) is 12.6. The van der Waals surface area contributed by atoms with E-state index in [0.29, 0.717) is 18.3 Å². The number of ether oxygens (including phenoxy) is 1. The van der Waals surface area contributed by atoms with Crippen molar-refractivity contribution in [3.05, 3.63) is 13.0 Å². The van der Waals surface area contributed by atoms with Gasteiger partial charge in [-0.1, -0.05) is 79.1 Å². The van der Waals surface area contributed by atoms with E-state index in [2.05, 4.69) is 33.8 Å². The van der Waals surface area contributed by atoms with Crippen molar-refractivity contribution in [3.8, 4) is 6.07 Å². The molecule has 0 spiro atoms. The van der Waals surface area contributed by atoms with Crippen LogP contribution in [0.1, 0.15) is 117 Å². The van der Waals surface area contributed by atoms with Crippen LogP contribution < -0.4 is 0 Å². The van der Waals surface area contributed by atoms with Crippen molar-refractivity contribution in [1.29, 1.82) is 5.26 Å². The molecule has 2 bridgehead atoms. The van der Waals surface area contributed by atoms with Crippen LogP contribution in [0.3, 0.4) is 0 Å². The van der Waals surface area contributed by atoms with Crippen LogP contribution in [-0.2, 0) is 9.53 Å². The van der Waals surface area contributed by atoms with Gasteiger partial charge in [0.2, 0.25) is 0 Å². The van der Waals surface area contributed by atoms with Gasteiger partial charge in [-0.3, -0.25) is 4.79 Å². The summed E-state index contributed by atoms with van der Waals surface area (Å²) in [6.07, 6.45) is 17.3. The average molecular weight is 416 g/mol. The van der Waals surface area contributed by atoms with Gasteiger partial charge in [-0.2, -0.15) is 5.26 Å². The second kappa shape index (κ2) is 12.8. The molecule has 2 heterocycles. The lowest BCUT2D eigenvalue weighted by Crippen LogP contribution is -2.49. The van der Waals surface area contributed by atoms with E-state index in [4.69, 9.17) is 4.74 Å². The van der Waals surface area contributed by atoms with Crippen molar-refractivity contribution in [3.63, 3.8) is 0 Å². The smallest absolute Gasteiger partial charge is 0.168 e. The molecule has 4 atom stereocenters. The van der Waals surface area contributed by atoms with Gasteiger partial charge in [-0.05, 0) is 55.8 Å². The van der Waals surface area contributed by atoms with Gasteiger partial charge < -0.3 is 4.74 Å². The highest BCUT2D eigenvalue weighted by Gasteiger charge is 2.49. The number of rotatable bonds is 14. The maximum Gasteiger partial charge on any atom is 0.168 e. The third-order valence-electron chi connectivity index (χ3n) is 7.26. The molecule has 0 amide bonds. The second-order valence-corrected chi connectivity index (χ2v) is 10.8. The Morgan fingerprint density at radius 3 is 2.27 bits per heavy atom. The quantitative estimate of drug-likeness (QED) is 0.274. The van der Waals surface area contributed by atoms with Crippen LogP contribution in [0, 0.1) is 47.5 Å². The molecule has 30 heavy (non-hydrogen) atoms. The van der Waals surface area contributed by atoms with Crippen molar-refractivity contribution in [2.45, 2.75) is 123 Å². The van der Waals surface area contributed by atoms with Gasteiger partial charge in [0.1, 0.15) is 0 Å². The van der Waals surface area contributed by atoms with Crippen LogP contribution in [0.5, 0.6) is 0 Å². The number of nitrogens with zero attached hydrogens (tertiary/aromatic N) is 1. The summed E-state index contributed by atoms with van der Waals surface area (Å²) in [5.74, 6) is 1.29. The highest BCUT2D eigenvalue weighted by molar-refractivity contribution is 5.90. The summed E-state index contributed by atoms with van der Waals surface area (Å²) in [7, 11) is 0. The number of nitriles is 1. The molecular formula is C27H45NO2. The lowest BCUT2D eigenvalue weighted by atomic mass is 9.64. The van der Waals surface area contributed by atoms with Gasteiger partial charge in [-0.15, -0.1) is 0 Å². The Balaban J connectivity index is 1.59. The Bertz CT molecular complexity index is 544. The van der Waals surface area contributed by atoms with Crippen molar-refractivity contribution in [1.82, 2.24) is 0 Å². The highest BCUT2D eigenvalue weighted by Crippen LogP contribution is 2.50. The molecule has 0 aromatic heterocycles. The molecule has 2 aliphatic heterocycles. The number of fused-ring (bicyclic) bond motifs is 3. The van der Waals surface area contributed by atoms with Crippen LogP contribution in [0.25, 0.3) is 0 Å². The zero-order valence-electron chi connectivity index (χ0n) is 19.9. The molecule has 170 valence electrons. The van der Waals surface area contributed by atoms with E-state index >= 15 is 0 Å². The van der Waals surface area contributed by atoms with Crippen LogP contribution in [0.15, 0.2) is 0 Å². The molecule has 1 aliphatic carbocycles. The molecule has 4 unspecified atom stereocenters. The molecule has 0 N–H and O–H groups in total. The number of carbonyl (C=O) groups excluding carboxylic acids is 1. The molecule has 3 fully saturated rings. The molecule has 2 saturated heterocycles. The van der Waals surface area contributed by atoms with Crippen LogP contribution in [-0.4, -0.2) is 11.9 Å². The average Bonchev–Trinajstić information content (AvgIpc) is 2.74. The third kappa shape index (κ3) is 7.99. The fourth-order valence-corrected chi connectivity index (χ4v) is 5.33. The highest BCUT2D eigenvalue weighted by atomic mass is 16.5. The molecular weight excluding hydrogens is 370 g/mol. The Morgan fingerprint density at radius 1 is 1.07 bits per heavy atom. The first-order chi connectivity index (χ1) is 14.4. The Hall–Kier alpha value is -0.880. The van der Waals surface area contributed by atoms with E-state index in [1.165, 1.54) is 32.1 Å². The summed E-state index contributed by atoms with van der Waals surface area (Å²) in [5, 5.41) is 9.43. The van der Waals surface area contributed by atoms with Gasteiger partial charge in [0.05, 0.1) is 12.2 Å². The van der Waals surface area contributed by atoms with Gasteiger partial charge in [-0.25, -0.2) is 0 Å². The maximum atomic E-state index is 12.7. The predicted molar refractivity (Wildman–Crippen MR) is 123 cm³/mol. The summed E-state index contributed by atoms with van der Waals surface area (Å²) >= 11 is 0. The first-order valence-electron chi connectivity index (χ1n) is 12.6. The van der Waals surface area contributed by atoms with Gasteiger partial charge in [0.25, 0.3) is 0 Å². The molecule has 0 aromatic carbocycles. The fourth-order valence-electron chi connectivity index (χ4n) is 5.33. The number of hydrogen-bond donors (Lipinski definition) is 0. The van der Waals surface area contributed by atoms with E-state index in [1.54, 1.807) is 0 Å². The number of unbranched alkanes of at least 4 members (excludes halogenated alkanes) is 7. The number of Topliss-reactive ketones (excluding diaryl/α,β-unsaturated/α-hetero) is 1. The summed E-state index contributed by atoms with van der Waals surface area (Å²) in [5.41, 5.74) is 0.247. The standard InChI is InChI=1S/C27H45NO2/c1-5-6-7-8-9-10-11-14-21(20-28)15-12-13-16-24(29)26-22-17-18-25(30-26)23(19-22)27(2,3)4/h21-23,25H,1,5-19H2,2-4H3. The molecule has 2 radical (unpaired) electrons. The fraction of sp³-hybridized carbons (Fsp3) is 0.852. The molecule has 0 aromatic rings. The largest absolute Gasteiger partial charge is 0.360 e. The topological polar surface area (TPSA) is 50.1 Å².